The van der Waals surface area contributed by atoms with Crippen LogP contribution in [0.15, 0.2) is 63.5 Å². The van der Waals surface area contributed by atoms with Crippen molar-refractivity contribution in [1.82, 2.24) is 4.57 Å². The Balaban J connectivity index is 1.86. The lowest BCUT2D eigenvalue weighted by Crippen LogP contribution is -2.39. The molecule has 0 saturated carbocycles. The van der Waals surface area contributed by atoms with E-state index in [4.69, 9.17) is 25.8 Å². The Labute approximate surface area is 224 Å². The number of hydrogen-bond acceptors (Lipinski definition) is 7. The van der Waals surface area contributed by atoms with E-state index in [9.17, 15) is 9.59 Å². The first-order valence-corrected chi connectivity index (χ1v) is 13.3. The smallest absolute Gasteiger partial charge is 0.338 e. The van der Waals surface area contributed by atoms with Crippen LogP contribution in [0.1, 0.15) is 51.8 Å². The minimum absolute atomic E-state index is 0.0249. The van der Waals surface area contributed by atoms with E-state index >= 15 is 0 Å². The van der Waals surface area contributed by atoms with Crippen LogP contribution in [-0.2, 0) is 9.53 Å². The van der Waals surface area contributed by atoms with Gasteiger partial charge in [0, 0.05) is 0 Å². The molecule has 0 amide bonds. The van der Waals surface area contributed by atoms with E-state index in [1.165, 1.54) is 11.3 Å². The Hall–Kier alpha value is -3.36. The molecule has 0 fully saturated rings. The summed E-state index contributed by atoms with van der Waals surface area (Å²) in [5, 5.41) is 0.463. The molecule has 0 N–H and O–H groups in total. The lowest BCUT2D eigenvalue weighted by Gasteiger charge is -2.25. The van der Waals surface area contributed by atoms with Crippen molar-refractivity contribution in [2.75, 3.05) is 13.2 Å². The van der Waals surface area contributed by atoms with Gasteiger partial charge in [-0.3, -0.25) is 9.36 Å². The van der Waals surface area contributed by atoms with Gasteiger partial charge in [-0.05, 0) is 76.1 Å². The van der Waals surface area contributed by atoms with E-state index in [2.05, 4.69) is 4.99 Å². The Morgan fingerprint density at radius 2 is 1.89 bits per heavy atom. The van der Waals surface area contributed by atoms with Crippen molar-refractivity contribution in [3.8, 4) is 11.5 Å². The van der Waals surface area contributed by atoms with Crippen LogP contribution in [0.5, 0.6) is 11.5 Å². The number of nitrogens with zero attached hydrogens (tertiary/aromatic N) is 2. The molecule has 37 heavy (non-hydrogen) atoms. The summed E-state index contributed by atoms with van der Waals surface area (Å²) in [4.78, 5) is 31.9. The van der Waals surface area contributed by atoms with Crippen LogP contribution in [-0.4, -0.2) is 29.9 Å². The third-order valence-corrected chi connectivity index (χ3v) is 6.92. The van der Waals surface area contributed by atoms with Gasteiger partial charge in [-0.1, -0.05) is 41.1 Å². The van der Waals surface area contributed by atoms with Gasteiger partial charge in [0.2, 0.25) is 0 Å². The number of fused-ring (bicyclic) bond motifs is 1. The van der Waals surface area contributed by atoms with Crippen LogP contribution >= 0.6 is 22.9 Å². The average Bonchev–Trinajstić information content (AvgIpc) is 3.14. The maximum Gasteiger partial charge on any atom is 0.338 e. The molecule has 0 saturated heterocycles. The van der Waals surface area contributed by atoms with Gasteiger partial charge in [-0.25, -0.2) is 9.79 Å². The summed E-state index contributed by atoms with van der Waals surface area (Å²) in [6.07, 6.45) is 1.79. The highest BCUT2D eigenvalue weighted by Crippen LogP contribution is 2.32. The quantitative estimate of drug-likeness (QED) is 0.389. The van der Waals surface area contributed by atoms with Gasteiger partial charge in [-0.15, -0.1) is 0 Å². The fourth-order valence-corrected chi connectivity index (χ4v) is 5.43. The normalized spacial score (nSPS) is 15.4. The van der Waals surface area contributed by atoms with Crippen molar-refractivity contribution in [2.24, 2.45) is 4.99 Å². The molecule has 0 unspecified atom stereocenters. The van der Waals surface area contributed by atoms with Gasteiger partial charge in [0.05, 0.1) is 46.2 Å². The molecule has 0 spiro atoms. The lowest BCUT2D eigenvalue weighted by molar-refractivity contribution is -0.139. The third kappa shape index (κ3) is 5.65. The predicted octanol–water partition coefficient (Wildman–Crippen LogP) is 4.64. The van der Waals surface area contributed by atoms with Gasteiger partial charge in [0.25, 0.3) is 5.56 Å². The first kappa shape index (κ1) is 26.7. The van der Waals surface area contributed by atoms with E-state index in [-0.39, 0.29) is 18.3 Å². The highest BCUT2D eigenvalue weighted by Gasteiger charge is 2.33. The summed E-state index contributed by atoms with van der Waals surface area (Å²) in [5.74, 6) is 0.795. The highest BCUT2D eigenvalue weighted by molar-refractivity contribution is 7.07. The SMILES string of the molecule is CCOC(=O)C1=C(C)N=c2s/c(=C\c3ccc(OCC)c(Cl)c3)c(=O)n2[C@H]1c1ccc(OC(C)C)cc1. The number of carbonyl (C=O) groups excluding carboxylic acids is 1. The fourth-order valence-electron chi connectivity index (χ4n) is 4.14. The second-order valence-electron chi connectivity index (χ2n) is 8.66. The first-order valence-electron chi connectivity index (χ1n) is 12.1. The van der Waals surface area contributed by atoms with Crippen molar-refractivity contribution >= 4 is 35.0 Å². The number of allylic oxidation sites excluding steroid dienone is 1. The summed E-state index contributed by atoms with van der Waals surface area (Å²) >= 11 is 7.61. The number of thiazole rings is 1. The standard InChI is InChI=1S/C28H29ClN2O5S/c1-6-34-22-13-8-18(14-21(22)29)15-23-26(32)31-25(19-9-11-20(12-10-19)36-16(3)4)24(27(33)35-7-2)17(5)30-28(31)37-23/h8-16,25H,6-7H2,1-5H3/b23-15-/t25-/m0/s1. The van der Waals surface area contributed by atoms with E-state index in [0.29, 0.717) is 43.7 Å². The number of carbonyl (C=O) groups is 1. The van der Waals surface area contributed by atoms with Crippen molar-refractivity contribution in [3.05, 3.63) is 89.6 Å². The molecule has 1 aromatic heterocycles. The summed E-state index contributed by atoms with van der Waals surface area (Å²) in [6, 6.07) is 12.1. The Morgan fingerprint density at radius 1 is 1.16 bits per heavy atom. The molecule has 0 radical (unpaired) electrons. The van der Waals surface area contributed by atoms with Crippen LogP contribution in [0.25, 0.3) is 6.08 Å². The monoisotopic (exact) mass is 540 g/mol. The fraction of sp³-hybridized carbons (Fsp3) is 0.321. The molecule has 0 bridgehead atoms. The number of halogens is 1. The number of esters is 1. The van der Waals surface area contributed by atoms with E-state index in [0.717, 1.165) is 11.1 Å². The van der Waals surface area contributed by atoms with Crippen molar-refractivity contribution in [3.63, 3.8) is 0 Å². The number of hydrogen-bond donors (Lipinski definition) is 0. The van der Waals surface area contributed by atoms with Crippen LogP contribution < -0.4 is 24.4 Å². The van der Waals surface area contributed by atoms with E-state index < -0.39 is 12.0 Å². The third-order valence-electron chi connectivity index (χ3n) is 5.64. The zero-order valence-corrected chi connectivity index (χ0v) is 23.0. The molecule has 1 atom stereocenters. The minimum Gasteiger partial charge on any atom is -0.492 e. The van der Waals surface area contributed by atoms with Gasteiger partial charge in [0.15, 0.2) is 4.80 Å². The van der Waals surface area contributed by atoms with E-state index in [1.807, 2.05) is 51.1 Å². The lowest BCUT2D eigenvalue weighted by atomic mass is 9.96. The molecule has 7 nitrogen and oxygen atoms in total. The maximum atomic E-state index is 13.7. The molecule has 4 rings (SSSR count). The topological polar surface area (TPSA) is 79.1 Å². The number of aromatic nitrogens is 1. The summed E-state index contributed by atoms with van der Waals surface area (Å²) < 4.78 is 18.7. The number of benzene rings is 2. The molecule has 194 valence electrons. The average molecular weight is 541 g/mol. The van der Waals surface area contributed by atoms with Crippen molar-refractivity contribution in [1.29, 1.82) is 0 Å². The summed E-state index contributed by atoms with van der Waals surface area (Å²) in [5.41, 5.74) is 2.11. The van der Waals surface area contributed by atoms with Crippen LogP contribution in [0.4, 0.5) is 0 Å². The second-order valence-corrected chi connectivity index (χ2v) is 10.1. The molecule has 2 heterocycles. The Morgan fingerprint density at radius 3 is 2.51 bits per heavy atom. The molecule has 1 aliphatic heterocycles. The number of rotatable bonds is 8. The molecule has 0 aliphatic carbocycles. The number of ether oxygens (including phenoxy) is 3. The maximum absolute atomic E-state index is 13.7. The van der Waals surface area contributed by atoms with Gasteiger partial charge < -0.3 is 14.2 Å². The highest BCUT2D eigenvalue weighted by atomic mass is 35.5. The Bertz CT molecular complexity index is 1520. The summed E-state index contributed by atoms with van der Waals surface area (Å²) in [6.45, 7) is 10.0. The van der Waals surface area contributed by atoms with Crippen molar-refractivity contribution < 1.29 is 19.0 Å². The largest absolute Gasteiger partial charge is 0.492 e. The predicted molar refractivity (Wildman–Crippen MR) is 145 cm³/mol. The van der Waals surface area contributed by atoms with Crippen molar-refractivity contribution in [2.45, 2.75) is 46.8 Å². The Kier molecular flexibility index (Phi) is 8.19. The molecule has 1 aliphatic rings. The molecule has 9 heteroatoms. The molecule has 2 aromatic carbocycles. The molecule has 3 aromatic rings. The molecular formula is C28H29ClN2O5S. The zero-order chi connectivity index (χ0) is 26.7. The van der Waals surface area contributed by atoms with Gasteiger partial charge >= 0.3 is 5.97 Å². The summed E-state index contributed by atoms with van der Waals surface area (Å²) in [7, 11) is 0. The van der Waals surface area contributed by atoms with Crippen LogP contribution in [0.2, 0.25) is 5.02 Å². The minimum atomic E-state index is -0.686. The zero-order valence-electron chi connectivity index (χ0n) is 21.4. The first-order chi connectivity index (χ1) is 17.7. The van der Waals surface area contributed by atoms with Gasteiger partial charge in [0.1, 0.15) is 11.5 Å². The van der Waals surface area contributed by atoms with E-state index in [1.54, 1.807) is 36.6 Å². The van der Waals surface area contributed by atoms with Crippen LogP contribution in [0.3, 0.4) is 0 Å². The second kappa shape index (κ2) is 11.4. The van der Waals surface area contributed by atoms with Gasteiger partial charge in [-0.2, -0.15) is 0 Å². The van der Waals surface area contributed by atoms with Crippen LogP contribution in [0, 0.1) is 0 Å². The molecular weight excluding hydrogens is 512 g/mol.